The summed E-state index contributed by atoms with van der Waals surface area (Å²) in [5, 5.41) is 0. The van der Waals surface area contributed by atoms with Crippen molar-refractivity contribution in [3.05, 3.63) is 0 Å². The maximum Gasteiger partial charge on any atom is 0.315 e. The van der Waals surface area contributed by atoms with E-state index in [9.17, 15) is 13.6 Å². The highest BCUT2D eigenvalue weighted by molar-refractivity contribution is 7.99. The molecule has 0 spiro atoms. The van der Waals surface area contributed by atoms with E-state index >= 15 is 0 Å². The molecular weight excluding hydrogens is 222 g/mol. The Hall–Kier alpha value is -0.320. The van der Waals surface area contributed by atoms with Gasteiger partial charge in [0, 0.05) is 6.42 Å². The molecule has 0 aromatic rings. The first-order chi connectivity index (χ1) is 7.16. The Morgan fingerprint density at radius 1 is 1.27 bits per heavy atom. The molecule has 0 rings (SSSR count). The molecule has 0 saturated heterocycles. The molecule has 0 atom stereocenters. The number of methoxy groups -OCH3 is 1. The van der Waals surface area contributed by atoms with Crippen molar-refractivity contribution in [3.8, 4) is 0 Å². The van der Waals surface area contributed by atoms with Crippen molar-refractivity contribution in [2.45, 2.75) is 38.5 Å². The first-order valence-electron chi connectivity index (χ1n) is 5.09. The number of thioether (sulfide) groups is 1. The molecule has 5 heteroatoms. The second-order valence-corrected chi connectivity index (χ2v) is 4.33. The molecule has 0 aromatic carbocycles. The van der Waals surface area contributed by atoms with Crippen LogP contribution in [0.5, 0.6) is 0 Å². The highest BCUT2D eigenvalue weighted by Crippen LogP contribution is 2.11. The summed E-state index contributed by atoms with van der Waals surface area (Å²) in [6.45, 7) is 0. The van der Waals surface area contributed by atoms with Gasteiger partial charge in [-0.3, -0.25) is 4.79 Å². The Labute approximate surface area is 93.8 Å². The molecular formula is C10H18F2O2S. The SMILES string of the molecule is COC(=O)CSCCCCCCC(F)F. The van der Waals surface area contributed by atoms with Gasteiger partial charge in [-0.25, -0.2) is 8.78 Å². The molecule has 0 aliphatic carbocycles. The first-order valence-corrected chi connectivity index (χ1v) is 6.25. The molecule has 15 heavy (non-hydrogen) atoms. The fraction of sp³-hybridized carbons (Fsp3) is 0.900. The number of hydrogen-bond donors (Lipinski definition) is 0. The van der Waals surface area contributed by atoms with Gasteiger partial charge in [-0.15, -0.1) is 0 Å². The van der Waals surface area contributed by atoms with Crippen molar-refractivity contribution in [2.75, 3.05) is 18.6 Å². The Morgan fingerprint density at radius 2 is 1.93 bits per heavy atom. The Morgan fingerprint density at radius 3 is 2.53 bits per heavy atom. The number of carbonyl (C=O) groups is 1. The molecule has 2 nitrogen and oxygen atoms in total. The topological polar surface area (TPSA) is 26.3 Å². The minimum absolute atomic E-state index is 0.00923. The van der Waals surface area contributed by atoms with Gasteiger partial charge in [0.15, 0.2) is 0 Å². The lowest BCUT2D eigenvalue weighted by molar-refractivity contribution is -0.137. The number of alkyl halides is 2. The van der Waals surface area contributed by atoms with E-state index in [-0.39, 0.29) is 12.4 Å². The Bertz CT molecular complexity index is 166. The van der Waals surface area contributed by atoms with Crippen LogP contribution in [-0.2, 0) is 9.53 Å². The van der Waals surface area contributed by atoms with Crippen LogP contribution in [0, 0.1) is 0 Å². The number of carbonyl (C=O) groups excluding carboxylic acids is 1. The van der Waals surface area contributed by atoms with Crippen LogP contribution in [0.1, 0.15) is 32.1 Å². The van der Waals surface area contributed by atoms with Gasteiger partial charge in [-0.05, 0) is 18.6 Å². The number of hydrogen-bond acceptors (Lipinski definition) is 3. The number of esters is 1. The van der Waals surface area contributed by atoms with E-state index in [0.29, 0.717) is 12.2 Å². The molecule has 0 N–H and O–H groups in total. The average molecular weight is 240 g/mol. The lowest BCUT2D eigenvalue weighted by Gasteiger charge is -2.01. The van der Waals surface area contributed by atoms with E-state index in [0.717, 1.165) is 25.0 Å². The van der Waals surface area contributed by atoms with Gasteiger partial charge in [0.2, 0.25) is 6.43 Å². The molecule has 0 fully saturated rings. The van der Waals surface area contributed by atoms with E-state index < -0.39 is 6.43 Å². The van der Waals surface area contributed by atoms with E-state index in [1.54, 1.807) is 0 Å². The summed E-state index contributed by atoms with van der Waals surface area (Å²) < 4.78 is 28.0. The third-order valence-corrected chi connectivity index (χ3v) is 2.93. The highest BCUT2D eigenvalue weighted by atomic mass is 32.2. The fourth-order valence-corrected chi connectivity index (χ4v) is 1.91. The average Bonchev–Trinajstić information content (AvgIpc) is 2.21. The van der Waals surface area contributed by atoms with Crippen LogP contribution < -0.4 is 0 Å². The molecule has 0 radical (unpaired) electrons. The van der Waals surface area contributed by atoms with Gasteiger partial charge < -0.3 is 4.74 Å². The third-order valence-electron chi connectivity index (χ3n) is 1.91. The molecule has 0 bridgehead atoms. The quantitative estimate of drug-likeness (QED) is 0.457. The maximum atomic E-state index is 11.7. The molecule has 0 aliphatic rings. The minimum Gasteiger partial charge on any atom is -0.468 e. The lowest BCUT2D eigenvalue weighted by Crippen LogP contribution is -2.03. The third kappa shape index (κ3) is 11.6. The first kappa shape index (κ1) is 14.7. The highest BCUT2D eigenvalue weighted by Gasteiger charge is 2.01. The molecule has 0 aromatic heterocycles. The van der Waals surface area contributed by atoms with Gasteiger partial charge in [0.1, 0.15) is 0 Å². The minimum atomic E-state index is -2.17. The van der Waals surface area contributed by atoms with Crippen LogP contribution in [-0.4, -0.2) is 31.0 Å². The van der Waals surface area contributed by atoms with Crippen LogP contribution in [0.15, 0.2) is 0 Å². The zero-order valence-corrected chi connectivity index (χ0v) is 9.82. The summed E-state index contributed by atoms with van der Waals surface area (Å²) in [7, 11) is 1.37. The summed E-state index contributed by atoms with van der Waals surface area (Å²) in [6.07, 6.45) is 1.22. The summed E-state index contributed by atoms with van der Waals surface area (Å²) in [6, 6.07) is 0. The number of ether oxygens (including phenoxy) is 1. The van der Waals surface area contributed by atoms with Crippen LogP contribution in [0.25, 0.3) is 0 Å². The normalized spacial score (nSPS) is 10.7. The van der Waals surface area contributed by atoms with Crippen molar-refractivity contribution in [3.63, 3.8) is 0 Å². The zero-order valence-electron chi connectivity index (χ0n) is 9.01. The summed E-state index contributed by atoms with van der Waals surface area (Å²) in [4.78, 5) is 10.7. The van der Waals surface area contributed by atoms with E-state index in [1.807, 2.05) is 0 Å². The number of halogens is 2. The lowest BCUT2D eigenvalue weighted by atomic mass is 10.2. The summed E-state index contributed by atoms with van der Waals surface area (Å²) in [5.74, 6) is 1.06. The van der Waals surface area contributed by atoms with Crippen LogP contribution in [0.2, 0.25) is 0 Å². The van der Waals surface area contributed by atoms with Crippen molar-refractivity contribution in [1.82, 2.24) is 0 Å². The Balaban J connectivity index is 3.02. The standard InChI is InChI=1S/C10H18F2O2S/c1-14-10(13)8-15-7-5-3-2-4-6-9(11)12/h9H,2-8H2,1H3. The van der Waals surface area contributed by atoms with Gasteiger partial charge in [-0.1, -0.05) is 12.8 Å². The molecule has 0 saturated carbocycles. The fourth-order valence-electron chi connectivity index (χ4n) is 1.07. The molecule has 0 unspecified atom stereocenters. The van der Waals surface area contributed by atoms with Gasteiger partial charge in [0.05, 0.1) is 12.9 Å². The maximum absolute atomic E-state index is 11.7. The van der Waals surface area contributed by atoms with Crippen LogP contribution in [0.4, 0.5) is 8.78 Å². The van der Waals surface area contributed by atoms with Crippen LogP contribution >= 0.6 is 11.8 Å². The summed E-state index contributed by atoms with van der Waals surface area (Å²) >= 11 is 1.53. The number of unbranched alkanes of at least 4 members (excludes halogenated alkanes) is 3. The van der Waals surface area contributed by atoms with Gasteiger partial charge in [-0.2, -0.15) is 11.8 Å². The second kappa shape index (κ2) is 10.2. The zero-order chi connectivity index (χ0) is 11.5. The van der Waals surface area contributed by atoms with Crippen molar-refractivity contribution in [1.29, 1.82) is 0 Å². The monoisotopic (exact) mass is 240 g/mol. The van der Waals surface area contributed by atoms with Crippen molar-refractivity contribution < 1.29 is 18.3 Å². The summed E-state index contributed by atoms with van der Waals surface area (Å²) in [5.41, 5.74) is 0. The van der Waals surface area contributed by atoms with E-state index in [1.165, 1.54) is 18.9 Å². The predicted molar refractivity (Wildman–Crippen MR) is 58.4 cm³/mol. The molecule has 0 aliphatic heterocycles. The molecule has 0 amide bonds. The van der Waals surface area contributed by atoms with E-state index in [4.69, 9.17) is 0 Å². The largest absolute Gasteiger partial charge is 0.468 e. The van der Waals surface area contributed by atoms with Gasteiger partial charge >= 0.3 is 5.97 Å². The molecule has 0 heterocycles. The van der Waals surface area contributed by atoms with Crippen LogP contribution in [0.3, 0.4) is 0 Å². The van der Waals surface area contributed by atoms with Crippen molar-refractivity contribution >= 4 is 17.7 Å². The smallest absolute Gasteiger partial charge is 0.315 e. The number of rotatable bonds is 9. The van der Waals surface area contributed by atoms with Gasteiger partial charge in [0.25, 0.3) is 0 Å². The van der Waals surface area contributed by atoms with Crippen molar-refractivity contribution in [2.24, 2.45) is 0 Å². The second-order valence-electron chi connectivity index (χ2n) is 3.22. The Kier molecular flexibility index (Phi) is 9.99. The van der Waals surface area contributed by atoms with E-state index in [2.05, 4.69) is 4.74 Å². The molecule has 90 valence electrons. The predicted octanol–water partition coefficient (Wildman–Crippen LogP) is 3.11.